The van der Waals surface area contributed by atoms with Crippen LogP contribution in [-0.4, -0.2) is 63.0 Å². The summed E-state index contributed by atoms with van der Waals surface area (Å²) in [5, 5.41) is 0.306. The third-order valence-electron chi connectivity index (χ3n) is 6.35. The van der Waals surface area contributed by atoms with Crippen LogP contribution in [-0.2, 0) is 4.79 Å². The molecule has 0 saturated carbocycles. The number of aromatic nitrogens is 2. The Labute approximate surface area is 201 Å². The third-order valence-corrected chi connectivity index (χ3v) is 6.35. The van der Waals surface area contributed by atoms with Gasteiger partial charge in [-0.2, -0.15) is 4.39 Å². The molecule has 1 aliphatic rings. The molecule has 0 aliphatic carbocycles. The topological polar surface area (TPSA) is 86.4 Å². The fourth-order valence-corrected chi connectivity index (χ4v) is 4.59. The van der Waals surface area contributed by atoms with E-state index in [-0.39, 0.29) is 29.6 Å². The zero-order valence-electron chi connectivity index (χ0n) is 19.1. The molecule has 0 bridgehead atoms. The molecule has 8 heteroatoms. The first-order valence-corrected chi connectivity index (χ1v) is 11.4. The van der Waals surface area contributed by atoms with Gasteiger partial charge in [0.15, 0.2) is 0 Å². The molecular weight excluding hydrogens is 447 g/mol. The van der Waals surface area contributed by atoms with Crippen molar-refractivity contribution in [2.45, 2.75) is 13.0 Å². The lowest BCUT2D eigenvalue weighted by Crippen LogP contribution is -2.56. The maximum Gasteiger partial charge on any atom is 0.295 e. The number of benzene rings is 2. The summed E-state index contributed by atoms with van der Waals surface area (Å²) in [6.07, 6.45) is 1.28. The van der Waals surface area contributed by atoms with Crippen LogP contribution in [0.25, 0.3) is 22.2 Å². The molecule has 4 aromatic rings. The lowest BCUT2D eigenvalue weighted by molar-refractivity contribution is -0.130. The largest absolute Gasteiger partial charge is 0.350 e. The van der Waals surface area contributed by atoms with Crippen molar-refractivity contribution < 1.29 is 18.8 Å². The maximum atomic E-state index is 14.4. The van der Waals surface area contributed by atoms with Crippen LogP contribution in [0.2, 0.25) is 0 Å². The zero-order valence-corrected chi connectivity index (χ0v) is 19.1. The van der Waals surface area contributed by atoms with E-state index in [0.29, 0.717) is 35.3 Å². The van der Waals surface area contributed by atoms with Gasteiger partial charge in [-0.15, -0.1) is 0 Å². The second-order valence-electron chi connectivity index (χ2n) is 8.56. The van der Waals surface area contributed by atoms with Crippen molar-refractivity contribution in [1.29, 1.82) is 0 Å². The van der Waals surface area contributed by atoms with Gasteiger partial charge in [-0.3, -0.25) is 14.4 Å². The minimum absolute atomic E-state index is 0.0776. The number of Topliss-reactive ketones (excluding diaryl/α,β-unsaturated/α-hetero) is 1. The van der Waals surface area contributed by atoms with Crippen molar-refractivity contribution in [1.82, 2.24) is 19.8 Å². The number of rotatable bonds is 4. The number of aromatic amines is 1. The minimum atomic E-state index is -0.743. The summed E-state index contributed by atoms with van der Waals surface area (Å²) in [5.41, 5.74) is 1.81. The lowest BCUT2D eigenvalue weighted by atomic mass is 10.0. The van der Waals surface area contributed by atoms with Crippen LogP contribution in [0.15, 0.2) is 72.9 Å². The van der Waals surface area contributed by atoms with Crippen molar-refractivity contribution in [2.24, 2.45) is 0 Å². The number of piperazine rings is 1. The fraction of sp³-hybridized carbons (Fsp3) is 0.185. The number of carbonyl (C=O) groups excluding carboxylic acids is 3. The van der Waals surface area contributed by atoms with E-state index < -0.39 is 17.6 Å². The number of hydrogen-bond acceptors (Lipinski definition) is 4. The standard InChI is InChI=1S/C27H23FN4O3/c1-17-16-31(26(34)19-10-6-3-7-11-19)14-15-32(17)27(35)24(33)21-20-12-13-29-25(28)23(20)30-22(21)18-8-4-2-5-9-18/h2-13,17,30H,14-16H2,1H3/t17-/m1/s1. The maximum absolute atomic E-state index is 14.4. The number of amides is 2. The molecule has 0 radical (unpaired) electrons. The Kier molecular flexibility index (Phi) is 5.86. The van der Waals surface area contributed by atoms with E-state index in [1.807, 2.05) is 19.1 Å². The Balaban J connectivity index is 1.43. The van der Waals surface area contributed by atoms with Crippen LogP contribution in [0, 0.1) is 5.95 Å². The number of nitrogens with zero attached hydrogens (tertiary/aromatic N) is 3. The molecule has 5 rings (SSSR count). The number of hydrogen-bond donors (Lipinski definition) is 1. The molecule has 1 N–H and O–H groups in total. The molecule has 35 heavy (non-hydrogen) atoms. The van der Waals surface area contributed by atoms with Crippen LogP contribution in [0.5, 0.6) is 0 Å². The zero-order chi connectivity index (χ0) is 24.5. The van der Waals surface area contributed by atoms with Gasteiger partial charge in [0.2, 0.25) is 5.95 Å². The highest BCUT2D eigenvalue weighted by Gasteiger charge is 2.35. The van der Waals surface area contributed by atoms with Crippen molar-refractivity contribution in [3.63, 3.8) is 0 Å². The Morgan fingerprint density at radius 2 is 1.66 bits per heavy atom. The summed E-state index contributed by atoms with van der Waals surface area (Å²) < 4.78 is 14.4. The fourth-order valence-electron chi connectivity index (χ4n) is 4.59. The molecule has 1 atom stereocenters. The van der Waals surface area contributed by atoms with Crippen LogP contribution >= 0.6 is 0 Å². The van der Waals surface area contributed by atoms with Gasteiger partial charge in [-0.25, -0.2) is 4.98 Å². The van der Waals surface area contributed by atoms with E-state index in [1.54, 1.807) is 53.4 Å². The van der Waals surface area contributed by atoms with E-state index in [9.17, 15) is 18.8 Å². The summed E-state index contributed by atoms with van der Waals surface area (Å²) in [4.78, 5) is 49.6. The number of H-pyrrole nitrogens is 1. The number of fused-ring (bicyclic) bond motifs is 1. The molecule has 2 aromatic heterocycles. The second kappa shape index (κ2) is 9.13. The molecule has 3 heterocycles. The normalized spacial score (nSPS) is 15.9. The smallest absolute Gasteiger partial charge is 0.295 e. The number of nitrogens with one attached hydrogen (secondary N) is 1. The molecule has 1 saturated heterocycles. The highest BCUT2D eigenvalue weighted by atomic mass is 19.1. The van der Waals surface area contributed by atoms with Gasteiger partial charge in [-0.1, -0.05) is 48.5 Å². The van der Waals surface area contributed by atoms with Gasteiger partial charge in [0.1, 0.15) is 5.52 Å². The molecule has 176 valence electrons. The Morgan fingerprint density at radius 3 is 2.34 bits per heavy atom. The summed E-state index contributed by atoms with van der Waals surface area (Å²) in [6.45, 7) is 2.66. The van der Waals surface area contributed by atoms with Crippen molar-refractivity contribution in [2.75, 3.05) is 19.6 Å². The van der Waals surface area contributed by atoms with Crippen molar-refractivity contribution in [3.8, 4) is 11.3 Å². The van der Waals surface area contributed by atoms with Gasteiger partial charge in [0.05, 0.1) is 11.3 Å². The van der Waals surface area contributed by atoms with Gasteiger partial charge in [-0.05, 0) is 30.7 Å². The van der Waals surface area contributed by atoms with Crippen molar-refractivity contribution in [3.05, 3.63) is 90.0 Å². The highest BCUT2D eigenvalue weighted by Crippen LogP contribution is 2.32. The summed E-state index contributed by atoms with van der Waals surface area (Å²) >= 11 is 0. The van der Waals surface area contributed by atoms with E-state index in [2.05, 4.69) is 9.97 Å². The number of pyridine rings is 1. The average molecular weight is 471 g/mol. The summed E-state index contributed by atoms with van der Waals surface area (Å²) in [7, 11) is 0. The molecular formula is C27H23FN4O3. The average Bonchev–Trinajstić information content (AvgIpc) is 3.29. The first-order chi connectivity index (χ1) is 17.0. The summed E-state index contributed by atoms with van der Waals surface area (Å²) in [5.74, 6) is -2.26. The Bertz CT molecular complexity index is 1420. The first-order valence-electron chi connectivity index (χ1n) is 11.4. The second-order valence-corrected chi connectivity index (χ2v) is 8.56. The van der Waals surface area contributed by atoms with Crippen LogP contribution in [0.1, 0.15) is 27.6 Å². The predicted molar refractivity (Wildman–Crippen MR) is 129 cm³/mol. The number of halogens is 1. The SMILES string of the molecule is C[C@@H]1CN(C(=O)c2ccccc2)CCN1C(=O)C(=O)c1c(-c2ccccc2)[nH]c2c(F)nccc12. The number of ketones is 1. The molecule has 1 fully saturated rings. The third kappa shape index (κ3) is 4.07. The van der Waals surface area contributed by atoms with Crippen LogP contribution in [0.3, 0.4) is 0 Å². The van der Waals surface area contributed by atoms with Gasteiger partial charge >= 0.3 is 0 Å². The monoisotopic (exact) mass is 470 g/mol. The van der Waals surface area contributed by atoms with Gasteiger partial charge in [0.25, 0.3) is 17.6 Å². The van der Waals surface area contributed by atoms with Gasteiger partial charge in [0, 0.05) is 42.8 Å². The lowest BCUT2D eigenvalue weighted by Gasteiger charge is -2.39. The highest BCUT2D eigenvalue weighted by molar-refractivity contribution is 6.46. The quantitative estimate of drug-likeness (QED) is 0.278. The van der Waals surface area contributed by atoms with Crippen LogP contribution < -0.4 is 0 Å². The molecule has 2 aromatic carbocycles. The Hall–Kier alpha value is -4.33. The van der Waals surface area contributed by atoms with E-state index in [1.165, 1.54) is 17.2 Å². The Morgan fingerprint density at radius 1 is 0.971 bits per heavy atom. The summed E-state index contributed by atoms with van der Waals surface area (Å²) in [6, 6.07) is 19.1. The molecule has 1 aliphatic heterocycles. The van der Waals surface area contributed by atoms with E-state index >= 15 is 0 Å². The first kappa shape index (κ1) is 22.5. The minimum Gasteiger partial charge on any atom is -0.350 e. The van der Waals surface area contributed by atoms with E-state index in [4.69, 9.17) is 0 Å². The van der Waals surface area contributed by atoms with Crippen LogP contribution in [0.4, 0.5) is 4.39 Å². The predicted octanol–water partition coefficient (Wildman–Crippen LogP) is 3.92. The molecule has 2 amide bonds. The van der Waals surface area contributed by atoms with E-state index in [0.717, 1.165) is 0 Å². The van der Waals surface area contributed by atoms with Gasteiger partial charge < -0.3 is 14.8 Å². The van der Waals surface area contributed by atoms with Crippen molar-refractivity contribution >= 4 is 28.5 Å². The molecule has 0 spiro atoms. The molecule has 0 unspecified atom stereocenters. The molecule has 7 nitrogen and oxygen atoms in total. The number of carbonyl (C=O) groups is 3.